The minimum absolute atomic E-state index is 0.114. The summed E-state index contributed by atoms with van der Waals surface area (Å²) < 4.78 is 14.3. The zero-order valence-electron chi connectivity index (χ0n) is 45.3. The summed E-state index contributed by atoms with van der Waals surface area (Å²) in [5, 5.41) is 5.62. The lowest BCUT2D eigenvalue weighted by Crippen LogP contribution is -2.62. The van der Waals surface area contributed by atoms with Gasteiger partial charge in [0.15, 0.2) is 0 Å². The van der Waals surface area contributed by atoms with Crippen molar-refractivity contribution in [1.82, 2.24) is 35.0 Å². The highest BCUT2D eigenvalue weighted by molar-refractivity contribution is 5.98. The number of aliphatic imine (C=N–C) groups is 1. The first-order valence-electron chi connectivity index (χ1n) is 26.1. The van der Waals surface area contributed by atoms with Crippen LogP contribution in [0.25, 0.3) is 27.6 Å². The maximum absolute atomic E-state index is 14.9. The van der Waals surface area contributed by atoms with E-state index in [1.807, 2.05) is 78.7 Å². The predicted octanol–water partition coefficient (Wildman–Crippen LogP) is 6.82. The Bertz CT molecular complexity index is 2760. The highest BCUT2D eigenvalue weighted by Crippen LogP contribution is 2.43. The van der Waals surface area contributed by atoms with Crippen molar-refractivity contribution in [3.63, 3.8) is 0 Å². The van der Waals surface area contributed by atoms with E-state index < -0.39 is 52.3 Å². The van der Waals surface area contributed by atoms with Crippen molar-refractivity contribution in [2.75, 3.05) is 54.0 Å². The quantitative estimate of drug-likeness (QED) is 0.0911. The molecule has 1 spiro atoms. The van der Waals surface area contributed by atoms with Crippen molar-refractivity contribution >= 4 is 52.3 Å². The average Bonchev–Trinajstić information content (AvgIpc) is 4.03. The minimum Gasteiger partial charge on any atom is -0.464 e. The lowest BCUT2D eigenvalue weighted by Gasteiger charge is -2.37. The second-order valence-corrected chi connectivity index (χ2v) is 22.2. The summed E-state index contributed by atoms with van der Waals surface area (Å²) in [6, 6.07) is 11.8. The van der Waals surface area contributed by atoms with E-state index in [0.29, 0.717) is 58.3 Å². The lowest BCUT2D eigenvalue weighted by atomic mass is 9.84. The molecule has 0 saturated carbocycles. The molecule has 6 bridgehead atoms. The number of cyclic esters (lactones) is 1. The van der Waals surface area contributed by atoms with Crippen LogP contribution in [0.3, 0.4) is 0 Å². The van der Waals surface area contributed by atoms with E-state index >= 15 is 0 Å². The van der Waals surface area contributed by atoms with Crippen molar-refractivity contribution in [1.29, 1.82) is 0 Å². The Morgan fingerprint density at radius 2 is 1.79 bits per heavy atom. The number of fused-ring (bicyclic) bond motifs is 6. The molecule has 0 radical (unpaired) electrons. The number of carbonyl (C=O) groups is 5. The number of carbonyl (C=O) groups excluding carboxylic acids is 5. The molecular weight excluding hydrogens is 921 g/mol. The van der Waals surface area contributed by atoms with Gasteiger partial charge in [0.25, 0.3) is 11.8 Å². The number of hydrazine groups is 1. The third-order valence-corrected chi connectivity index (χ3v) is 15.6. The first-order valence-corrected chi connectivity index (χ1v) is 26.1. The fraction of sp³-hybridized carbons (Fsp3) is 0.552. The Morgan fingerprint density at radius 1 is 1.07 bits per heavy atom. The number of hydrogen-bond donors (Lipinski definition) is 2. The molecule has 0 unspecified atom stereocenters. The monoisotopic (exact) mass is 999 g/mol. The summed E-state index contributed by atoms with van der Waals surface area (Å²) >= 11 is 0. The van der Waals surface area contributed by atoms with Crippen LogP contribution in [0.5, 0.6) is 0 Å². The Morgan fingerprint density at radius 3 is 2.47 bits per heavy atom. The molecule has 4 amide bonds. The van der Waals surface area contributed by atoms with Gasteiger partial charge in [-0.05, 0) is 127 Å². The highest BCUT2D eigenvalue weighted by atomic mass is 16.5. The summed E-state index contributed by atoms with van der Waals surface area (Å²) in [4.78, 5) is 81.8. The predicted molar refractivity (Wildman–Crippen MR) is 287 cm³/mol. The van der Waals surface area contributed by atoms with Crippen molar-refractivity contribution in [3.8, 4) is 23.0 Å². The summed E-state index contributed by atoms with van der Waals surface area (Å²) in [6.45, 7) is 24.2. The van der Waals surface area contributed by atoms with Gasteiger partial charge in [-0.2, -0.15) is 0 Å². The van der Waals surface area contributed by atoms with E-state index in [0.717, 1.165) is 50.1 Å². The Hall–Kier alpha value is -6.08. The molecule has 2 N–H and O–H groups in total. The number of esters is 1. The van der Waals surface area contributed by atoms with Gasteiger partial charge in [0.2, 0.25) is 11.8 Å². The van der Waals surface area contributed by atoms with E-state index in [2.05, 4.69) is 84.8 Å². The van der Waals surface area contributed by atoms with Crippen LogP contribution >= 0.6 is 0 Å². The standard InChI is InChI=1S/C58H78N8O7/c1-14-42(49(59-15-2)38(6)72-13)51-44-34-56(7,8)36-73-54(70)45-21-18-28-66(61-45)53(69)46(32-39-19-17-20-40(31-39)41-22-23-47(43(44)33-41)64(51)16-3)60-52(68)50(37(4)5)65-30-27-58(55(65)71)26-29-63(35-58)48(67)24-25-57(9,10)62(11)12/h14-15,17,19-20,22-23,31,33,37-38,45-46,50,61H,1,16,18,21,26-30,32,34-36H2,2-13H3,(H,60,68)/b49-42+,59-15-/t38-,45-,46-,50-,58-/m0/s1. The van der Waals surface area contributed by atoms with Gasteiger partial charge in [-0.15, -0.1) is 0 Å². The fourth-order valence-electron chi connectivity index (χ4n) is 10.9. The largest absolute Gasteiger partial charge is 0.464 e. The molecule has 3 saturated heterocycles. The molecule has 15 heteroatoms. The number of amides is 4. The molecule has 73 heavy (non-hydrogen) atoms. The zero-order chi connectivity index (χ0) is 53.2. The van der Waals surface area contributed by atoms with Crippen molar-refractivity contribution in [2.45, 2.75) is 137 Å². The minimum atomic E-state index is -1.06. The number of nitrogens with zero attached hydrogens (tertiary/aromatic N) is 6. The molecule has 4 aliphatic heterocycles. The molecule has 3 fully saturated rings. The molecule has 3 aromatic rings. The van der Waals surface area contributed by atoms with Crippen LogP contribution in [0.1, 0.15) is 105 Å². The van der Waals surface area contributed by atoms with Crippen LogP contribution in [0.2, 0.25) is 0 Å². The number of likely N-dealkylation sites (tertiary alicyclic amines) is 2. The molecule has 0 aliphatic carbocycles. The third-order valence-electron chi connectivity index (χ3n) is 15.6. The number of aryl methyl sites for hydroxylation is 1. The molecule has 5 heterocycles. The Kier molecular flexibility index (Phi) is 16.6. The highest BCUT2D eigenvalue weighted by Gasteiger charge is 2.54. The smallest absolute Gasteiger partial charge is 0.324 e. The maximum atomic E-state index is 14.9. The lowest BCUT2D eigenvalue weighted by molar-refractivity contribution is -0.155. The number of nitrogens with one attached hydrogen (secondary N) is 2. The number of hydrogen-bond acceptors (Lipinski definition) is 10. The molecule has 5 atom stereocenters. The van der Waals surface area contributed by atoms with Crippen LogP contribution in [-0.4, -0.2) is 144 Å². The first-order chi connectivity index (χ1) is 34.6. The van der Waals surface area contributed by atoms with Crippen molar-refractivity contribution < 1.29 is 33.4 Å². The zero-order valence-corrected chi connectivity index (χ0v) is 45.3. The third kappa shape index (κ3) is 11.4. The van der Waals surface area contributed by atoms with E-state index in [1.165, 1.54) is 5.01 Å². The molecule has 2 aromatic carbocycles. The molecule has 1 aromatic heterocycles. The second kappa shape index (κ2) is 22.2. The molecule has 15 nitrogen and oxygen atoms in total. The van der Waals surface area contributed by atoms with Gasteiger partial charge in [-0.3, -0.25) is 38.9 Å². The SMILES string of the molecule is C=C/C(=C(\N=C/C)[C@H](C)OC)c1c2c3cc(ccc3n1CC)-c1cccc(c1)C[C@H](NC(=O)[C@H](C(C)C)N1CC[C@]3(CCN(C(=O)C#CC(C)(C)N(C)C)C3)C1=O)C(=O)N1CCC[C@H](N1)C(=O)OCC(C)(C)C2. The summed E-state index contributed by atoms with van der Waals surface area (Å²) in [5.74, 6) is 3.80. The second-order valence-electron chi connectivity index (χ2n) is 22.2. The summed E-state index contributed by atoms with van der Waals surface area (Å²) in [7, 11) is 5.49. The number of benzene rings is 2. The summed E-state index contributed by atoms with van der Waals surface area (Å²) in [6.07, 6.45) is 5.97. The van der Waals surface area contributed by atoms with Crippen LogP contribution in [-0.2, 0) is 52.8 Å². The van der Waals surface area contributed by atoms with Gasteiger partial charge in [-0.25, -0.2) is 5.43 Å². The van der Waals surface area contributed by atoms with Crippen LogP contribution < -0.4 is 10.7 Å². The number of allylic oxidation sites excluding steroid dienone is 2. The van der Waals surface area contributed by atoms with Crippen molar-refractivity contribution in [3.05, 3.63) is 77.6 Å². The Balaban J connectivity index is 1.25. The van der Waals surface area contributed by atoms with Gasteiger partial charge in [0.1, 0.15) is 18.1 Å². The van der Waals surface area contributed by atoms with Gasteiger partial charge in [-0.1, -0.05) is 76.6 Å². The number of rotatable bonds is 11. The van der Waals surface area contributed by atoms with Crippen LogP contribution in [0.4, 0.5) is 0 Å². The van der Waals surface area contributed by atoms with Crippen molar-refractivity contribution in [2.24, 2.45) is 21.7 Å². The van der Waals surface area contributed by atoms with E-state index in [1.54, 1.807) is 23.1 Å². The topological polar surface area (TPSA) is 158 Å². The Labute approximate surface area is 432 Å². The molecule has 7 rings (SSSR count). The molecule has 392 valence electrons. The van der Waals surface area contributed by atoms with E-state index in [9.17, 15) is 24.0 Å². The molecule has 4 aliphatic rings. The average molecular weight is 999 g/mol. The number of aromatic nitrogens is 1. The number of methoxy groups -OCH3 is 1. The maximum Gasteiger partial charge on any atom is 0.324 e. The van der Waals surface area contributed by atoms with Crippen LogP contribution in [0.15, 0.2) is 65.8 Å². The van der Waals surface area contributed by atoms with Gasteiger partial charge in [0, 0.05) is 74.4 Å². The van der Waals surface area contributed by atoms with Crippen LogP contribution in [0, 0.1) is 28.6 Å². The van der Waals surface area contributed by atoms with Gasteiger partial charge >= 0.3 is 5.97 Å². The first kappa shape index (κ1) is 54.7. The number of ether oxygens (including phenoxy) is 2. The van der Waals surface area contributed by atoms with Gasteiger partial charge in [0.05, 0.1) is 35.1 Å². The fourth-order valence-corrected chi connectivity index (χ4v) is 10.9. The summed E-state index contributed by atoms with van der Waals surface area (Å²) in [5.41, 5.74) is 8.74. The van der Waals surface area contributed by atoms with E-state index in [4.69, 9.17) is 14.5 Å². The van der Waals surface area contributed by atoms with E-state index in [-0.39, 0.29) is 43.4 Å². The molecular formula is C58H78N8O7. The van der Waals surface area contributed by atoms with Gasteiger partial charge < -0.3 is 29.2 Å². The normalized spacial score (nSPS) is 22.9.